The standard InChI is InChI=1S/C21H23ClFN3OS2/c1-14-12-15(22)13-18-20(14)24-21(29-18)26(10-9-25(2)3)19(27)8-11-28-17-6-4-16(23)5-7-17/h4-7,12-13H,8-11H2,1-3H3. The SMILES string of the molecule is Cc1cc(Cl)cc2sc(N(CCN(C)C)C(=O)CCSc3ccc(F)cc3)nc12. The first-order valence-corrected chi connectivity index (χ1v) is 11.4. The summed E-state index contributed by atoms with van der Waals surface area (Å²) < 4.78 is 14.0. The van der Waals surface area contributed by atoms with Crippen LogP contribution in [0, 0.1) is 12.7 Å². The van der Waals surface area contributed by atoms with Crippen LogP contribution in [0.2, 0.25) is 5.02 Å². The van der Waals surface area contributed by atoms with Gasteiger partial charge in [-0.25, -0.2) is 9.37 Å². The van der Waals surface area contributed by atoms with Crippen LogP contribution in [0.1, 0.15) is 12.0 Å². The van der Waals surface area contributed by atoms with Gasteiger partial charge in [-0.2, -0.15) is 0 Å². The number of likely N-dealkylation sites (N-methyl/N-ethyl adjacent to an activating group) is 1. The third kappa shape index (κ3) is 5.92. The first-order valence-electron chi connectivity index (χ1n) is 9.23. The lowest BCUT2D eigenvalue weighted by atomic mass is 10.2. The van der Waals surface area contributed by atoms with Crippen molar-refractivity contribution in [2.24, 2.45) is 0 Å². The highest BCUT2D eigenvalue weighted by Gasteiger charge is 2.20. The molecule has 0 atom stereocenters. The summed E-state index contributed by atoms with van der Waals surface area (Å²) in [7, 11) is 3.96. The lowest BCUT2D eigenvalue weighted by Crippen LogP contribution is -2.36. The fourth-order valence-corrected chi connectivity index (χ4v) is 5.11. The van der Waals surface area contributed by atoms with Gasteiger partial charge in [0.1, 0.15) is 5.82 Å². The Hall–Kier alpha value is -1.67. The van der Waals surface area contributed by atoms with Gasteiger partial charge < -0.3 is 4.90 Å². The molecule has 2 aromatic carbocycles. The minimum atomic E-state index is -0.258. The van der Waals surface area contributed by atoms with E-state index < -0.39 is 0 Å². The van der Waals surface area contributed by atoms with Crippen molar-refractivity contribution in [3.05, 3.63) is 52.8 Å². The molecule has 3 rings (SSSR count). The molecular formula is C21H23ClFN3OS2. The zero-order chi connectivity index (χ0) is 21.0. The lowest BCUT2D eigenvalue weighted by Gasteiger charge is -2.22. The zero-order valence-electron chi connectivity index (χ0n) is 16.6. The van der Waals surface area contributed by atoms with Gasteiger partial charge in [-0.15, -0.1) is 11.8 Å². The average molecular weight is 452 g/mol. The number of thiazole rings is 1. The second-order valence-corrected chi connectivity index (χ2v) is 9.58. The fourth-order valence-electron chi connectivity index (χ4n) is 2.81. The van der Waals surface area contributed by atoms with Gasteiger partial charge in [-0.3, -0.25) is 9.69 Å². The van der Waals surface area contributed by atoms with Crippen molar-refractivity contribution in [3.8, 4) is 0 Å². The van der Waals surface area contributed by atoms with Gasteiger partial charge in [0.05, 0.1) is 10.2 Å². The molecule has 0 fully saturated rings. The van der Waals surface area contributed by atoms with Crippen molar-refractivity contribution in [2.75, 3.05) is 37.8 Å². The smallest absolute Gasteiger partial charge is 0.229 e. The van der Waals surface area contributed by atoms with Crippen molar-refractivity contribution >= 4 is 56.0 Å². The van der Waals surface area contributed by atoms with Crippen LogP contribution >= 0.6 is 34.7 Å². The highest BCUT2D eigenvalue weighted by atomic mass is 35.5. The van der Waals surface area contributed by atoms with E-state index in [0.717, 1.165) is 27.2 Å². The first-order chi connectivity index (χ1) is 13.8. The number of amides is 1. The Kier molecular flexibility index (Phi) is 7.51. The van der Waals surface area contributed by atoms with Gasteiger partial charge in [0.2, 0.25) is 5.91 Å². The topological polar surface area (TPSA) is 36.4 Å². The van der Waals surface area contributed by atoms with Gasteiger partial charge in [0, 0.05) is 35.2 Å². The molecular weight excluding hydrogens is 429 g/mol. The molecule has 1 heterocycles. The van der Waals surface area contributed by atoms with Gasteiger partial charge in [-0.05, 0) is 63.0 Å². The quantitative estimate of drug-likeness (QED) is 0.425. The number of benzene rings is 2. The summed E-state index contributed by atoms with van der Waals surface area (Å²) in [6.07, 6.45) is 0.380. The number of fused-ring (bicyclic) bond motifs is 1. The third-order valence-corrected chi connectivity index (χ3v) is 6.60. The van der Waals surface area contributed by atoms with E-state index in [4.69, 9.17) is 16.6 Å². The molecule has 0 saturated carbocycles. The lowest BCUT2D eigenvalue weighted by molar-refractivity contribution is -0.118. The number of halogens is 2. The maximum absolute atomic E-state index is 13.0. The van der Waals surface area contributed by atoms with Crippen molar-refractivity contribution in [1.29, 1.82) is 0 Å². The molecule has 0 unspecified atom stereocenters. The molecule has 154 valence electrons. The highest BCUT2D eigenvalue weighted by molar-refractivity contribution is 7.99. The van der Waals surface area contributed by atoms with Crippen LogP contribution in [0.3, 0.4) is 0 Å². The van der Waals surface area contributed by atoms with Crippen LogP contribution in [-0.4, -0.2) is 48.7 Å². The summed E-state index contributed by atoms with van der Waals surface area (Å²) in [6, 6.07) is 10.1. The van der Waals surface area contributed by atoms with E-state index >= 15 is 0 Å². The van der Waals surface area contributed by atoms with E-state index in [2.05, 4.69) is 0 Å². The van der Waals surface area contributed by atoms with Gasteiger partial charge in [0.15, 0.2) is 5.13 Å². The van der Waals surface area contributed by atoms with Crippen molar-refractivity contribution in [1.82, 2.24) is 9.88 Å². The number of nitrogens with zero attached hydrogens (tertiary/aromatic N) is 3. The van der Waals surface area contributed by atoms with E-state index in [1.54, 1.807) is 28.8 Å². The Labute approximate surface area is 183 Å². The predicted octanol–water partition coefficient (Wildman–Crippen LogP) is 5.47. The summed E-state index contributed by atoms with van der Waals surface area (Å²) in [4.78, 5) is 22.5. The maximum atomic E-state index is 13.0. The number of anilines is 1. The molecule has 0 radical (unpaired) electrons. The van der Waals surface area contributed by atoms with Crippen LogP contribution < -0.4 is 4.90 Å². The number of thioether (sulfide) groups is 1. The van der Waals surface area contributed by atoms with E-state index in [0.29, 0.717) is 28.9 Å². The van der Waals surface area contributed by atoms with Crippen LogP contribution in [-0.2, 0) is 4.79 Å². The summed E-state index contributed by atoms with van der Waals surface area (Å²) in [5.41, 5.74) is 1.89. The Morgan fingerprint density at radius 1 is 1.21 bits per heavy atom. The molecule has 8 heteroatoms. The second kappa shape index (κ2) is 9.89. The Bertz CT molecular complexity index is 992. The monoisotopic (exact) mass is 451 g/mol. The molecule has 0 saturated heterocycles. The molecule has 0 N–H and O–H groups in total. The van der Waals surface area contributed by atoms with Crippen molar-refractivity contribution in [3.63, 3.8) is 0 Å². The summed E-state index contributed by atoms with van der Waals surface area (Å²) in [5.74, 6) is 0.398. The number of carbonyl (C=O) groups excluding carboxylic acids is 1. The van der Waals surface area contributed by atoms with E-state index in [1.807, 2.05) is 38.1 Å². The number of carbonyl (C=O) groups is 1. The summed E-state index contributed by atoms with van der Waals surface area (Å²) >= 11 is 9.21. The number of aromatic nitrogens is 1. The highest BCUT2D eigenvalue weighted by Crippen LogP contribution is 2.33. The van der Waals surface area contributed by atoms with E-state index in [9.17, 15) is 9.18 Å². The minimum Gasteiger partial charge on any atom is -0.308 e. The number of hydrogen-bond acceptors (Lipinski definition) is 5. The van der Waals surface area contributed by atoms with Gasteiger partial charge in [-0.1, -0.05) is 22.9 Å². The molecule has 1 aromatic heterocycles. The Balaban J connectivity index is 1.74. The van der Waals surface area contributed by atoms with Crippen LogP contribution in [0.25, 0.3) is 10.2 Å². The molecule has 3 aromatic rings. The Morgan fingerprint density at radius 2 is 1.93 bits per heavy atom. The number of hydrogen-bond donors (Lipinski definition) is 0. The van der Waals surface area contributed by atoms with Crippen LogP contribution in [0.5, 0.6) is 0 Å². The largest absolute Gasteiger partial charge is 0.308 e. The third-order valence-electron chi connectivity index (χ3n) is 4.34. The second-order valence-electron chi connectivity index (χ2n) is 6.97. The molecule has 0 bridgehead atoms. The first kappa shape index (κ1) is 22.0. The number of aryl methyl sites for hydroxylation is 1. The van der Waals surface area contributed by atoms with Crippen LogP contribution in [0.4, 0.5) is 9.52 Å². The van der Waals surface area contributed by atoms with Crippen molar-refractivity contribution in [2.45, 2.75) is 18.2 Å². The fraction of sp³-hybridized carbons (Fsp3) is 0.333. The normalized spacial score (nSPS) is 11.4. The number of rotatable bonds is 8. The molecule has 1 amide bonds. The maximum Gasteiger partial charge on any atom is 0.229 e. The van der Waals surface area contributed by atoms with Gasteiger partial charge in [0.25, 0.3) is 0 Å². The van der Waals surface area contributed by atoms with E-state index in [-0.39, 0.29) is 11.7 Å². The van der Waals surface area contributed by atoms with Crippen LogP contribution in [0.15, 0.2) is 41.3 Å². The predicted molar refractivity (Wildman–Crippen MR) is 122 cm³/mol. The molecule has 0 aliphatic carbocycles. The van der Waals surface area contributed by atoms with E-state index in [1.165, 1.54) is 23.5 Å². The average Bonchev–Trinajstić information content (AvgIpc) is 3.07. The molecule has 0 aliphatic rings. The molecule has 0 aliphatic heterocycles. The molecule has 0 spiro atoms. The molecule has 4 nitrogen and oxygen atoms in total. The summed E-state index contributed by atoms with van der Waals surface area (Å²) in [5, 5.41) is 1.37. The Morgan fingerprint density at radius 3 is 2.62 bits per heavy atom. The zero-order valence-corrected chi connectivity index (χ0v) is 19.0. The summed E-state index contributed by atoms with van der Waals surface area (Å²) in [6.45, 7) is 3.29. The minimum absolute atomic E-state index is 0.0317. The molecule has 29 heavy (non-hydrogen) atoms. The van der Waals surface area contributed by atoms with Gasteiger partial charge >= 0.3 is 0 Å². The van der Waals surface area contributed by atoms with Crippen molar-refractivity contribution < 1.29 is 9.18 Å².